The number of carboxylic acids is 1. The third-order valence-electron chi connectivity index (χ3n) is 1.58. The zero-order valence-electron chi connectivity index (χ0n) is 7.94. The van der Waals surface area contributed by atoms with E-state index in [1.807, 2.05) is 0 Å². The molecule has 2 heterocycles. The van der Waals surface area contributed by atoms with Crippen LogP contribution >= 0.6 is 11.8 Å². The maximum Gasteiger partial charge on any atom is 0.356 e. The van der Waals surface area contributed by atoms with E-state index in [2.05, 4.69) is 19.9 Å². The van der Waals surface area contributed by atoms with Crippen LogP contribution in [0.15, 0.2) is 41.0 Å². The molecular formula is C9H6N4O2S. The Kier molecular flexibility index (Phi) is 3.06. The van der Waals surface area contributed by atoms with Crippen molar-refractivity contribution in [2.24, 2.45) is 0 Å². The van der Waals surface area contributed by atoms with E-state index in [1.54, 1.807) is 18.6 Å². The Morgan fingerprint density at radius 2 is 1.94 bits per heavy atom. The second-order valence-electron chi connectivity index (χ2n) is 2.69. The van der Waals surface area contributed by atoms with Crippen molar-refractivity contribution in [2.75, 3.05) is 0 Å². The Balaban J connectivity index is 2.22. The van der Waals surface area contributed by atoms with Gasteiger partial charge in [0.25, 0.3) is 0 Å². The van der Waals surface area contributed by atoms with Gasteiger partial charge in [-0.2, -0.15) is 0 Å². The van der Waals surface area contributed by atoms with Gasteiger partial charge in [-0.3, -0.25) is 9.97 Å². The van der Waals surface area contributed by atoms with Crippen LogP contribution in [0.3, 0.4) is 0 Å². The first-order chi connectivity index (χ1) is 7.75. The van der Waals surface area contributed by atoms with Gasteiger partial charge in [0.1, 0.15) is 10.1 Å². The monoisotopic (exact) mass is 234 g/mol. The van der Waals surface area contributed by atoms with Crippen LogP contribution in [0, 0.1) is 0 Å². The molecule has 0 saturated heterocycles. The third-order valence-corrected chi connectivity index (χ3v) is 2.41. The lowest BCUT2D eigenvalue weighted by Gasteiger charge is -1.99. The minimum Gasteiger partial charge on any atom is -0.476 e. The van der Waals surface area contributed by atoms with Crippen LogP contribution < -0.4 is 0 Å². The highest BCUT2D eigenvalue weighted by molar-refractivity contribution is 7.99. The quantitative estimate of drug-likeness (QED) is 0.850. The van der Waals surface area contributed by atoms with E-state index in [9.17, 15) is 4.79 Å². The minimum absolute atomic E-state index is 0.0890. The van der Waals surface area contributed by atoms with Gasteiger partial charge in [0.2, 0.25) is 0 Å². The number of aromatic nitrogens is 4. The molecule has 6 nitrogen and oxygen atoms in total. The smallest absolute Gasteiger partial charge is 0.356 e. The average molecular weight is 234 g/mol. The molecule has 7 heteroatoms. The summed E-state index contributed by atoms with van der Waals surface area (Å²) in [6.45, 7) is 0. The van der Waals surface area contributed by atoms with E-state index < -0.39 is 5.97 Å². The molecule has 0 aliphatic carbocycles. The van der Waals surface area contributed by atoms with Crippen LogP contribution in [0.25, 0.3) is 0 Å². The fourth-order valence-corrected chi connectivity index (χ4v) is 1.64. The molecule has 2 rings (SSSR count). The van der Waals surface area contributed by atoms with Crippen LogP contribution in [-0.4, -0.2) is 31.0 Å². The summed E-state index contributed by atoms with van der Waals surface area (Å²) in [6, 6.07) is 0. The molecule has 2 aromatic heterocycles. The molecule has 0 saturated carbocycles. The van der Waals surface area contributed by atoms with Crippen molar-refractivity contribution in [2.45, 2.75) is 10.1 Å². The molecule has 80 valence electrons. The van der Waals surface area contributed by atoms with Crippen LogP contribution in [0.2, 0.25) is 0 Å². The lowest BCUT2D eigenvalue weighted by atomic mass is 10.5. The van der Waals surface area contributed by atoms with Gasteiger partial charge in [-0.25, -0.2) is 14.8 Å². The average Bonchev–Trinajstić information content (AvgIpc) is 2.30. The van der Waals surface area contributed by atoms with Crippen molar-refractivity contribution >= 4 is 17.7 Å². The van der Waals surface area contributed by atoms with Crippen molar-refractivity contribution in [1.29, 1.82) is 0 Å². The van der Waals surface area contributed by atoms with Gasteiger partial charge >= 0.3 is 5.97 Å². The molecular weight excluding hydrogens is 228 g/mol. The van der Waals surface area contributed by atoms with Gasteiger partial charge in [0, 0.05) is 12.4 Å². The lowest BCUT2D eigenvalue weighted by molar-refractivity contribution is 0.0689. The number of carbonyl (C=O) groups is 1. The Morgan fingerprint density at radius 3 is 2.62 bits per heavy atom. The van der Waals surface area contributed by atoms with E-state index in [-0.39, 0.29) is 5.69 Å². The van der Waals surface area contributed by atoms with Crippen LogP contribution in [0.4, 0.5) is 0 Å². The Bertz CT molecular complexity index is 506. The maximum absolute atomic E-state index is 10.7. The Labute approximate surface area is 94.8 Å². The van der Waals surface area contributed by atoms with Gasteiger partial charge < -0.3 is 5.11 Å². The van der Waals surface area contributed by atoms with Gasteiger partial charge in [-0.1, -0.05) is 0 Å². The second kappa shape index (κ2) is 4.67. The zero-order valence-corrected chi connectivity index (χ0v) is 8.76. The summed E-state index contributed by atoms with van der Waals surface area (Å²) in [4.78, 5) is 26.3. The highest BCUT2D eigenvalue weighted by Gasteiger charge is 2.07. The van der Waals surface area contributed by atoms with Crippen molar-refractivity contribution in [3.8, 4) is 0 Å². The fraction of sp³-hybridized carbons (Fsp3) is 0. The van der Waals surface area contributed by atoms with Crippen LogP contribution in [0.1, 0.15) is 10.5 Å². The Morgan fingerprint density at radius 1 is 1.12 bits per heavy atom. The number of hydrogen-bond acceptors (Lipinski definition) is 6. The largest absolute Gasteiger partial charge is 0.476 e. The molecule has 0 bridgehead atoms. The normalized spacial score (nSPS) is 10.0. The highest BCUT2D eigenvalue weighted by atomic mass is 32.2. The predicted octanol–water partition coefficient (Wildman–Crippen LogP) is 1.12. The lowest BCUT2D eigenvalue weighted by Crippen LogP contribution is -2.01. The molecule has 2 aromatic rings. The van der Waals surface area contributed by atoms with E-state index in [4.69, 9.17) is 5.11 Å². The molecule has 0 aliphatic heterocycles. The Hall–Kier alpha value is -2.02. The summed E-state index contributed by atoms with van der Waals surface area (Å²) in [5, 5.41) is 9.85. The first-order valence-corrected chi connectivity index (χ1v) is 5.06. The number of rotatable bonds is 3. The summed E-state index contributed by atoms with van der Waals surface area (Å²) < 4.78 is 0. The molecule has 0 fully saturated rings. The molecule has 1 N–H and O–H groups in total. The van der Waals surface area contributed by atoms with Crippen molar-refractivity contribution in [1.82, 2.24) is 19.9 Å². The summed E-state index contributed by atoms with van der Waals surface area (Å²) in [6.07, 6.45) is 7.36. The van der Waals surface area contributed by atoms with Gasteiger partial charge in [0.05, 0.1) is 18.6 Å². The van der Waals surface area contributed by atoms with E-state index >= 15 is 0 Å². The highest BCUT2D eigenvalue weighted by Crippen LogP contribution is 2.22. The SMILES string of the molecule is O=C(O)c1cncc(Sc2cnccn2)n1. The van der Waals surface area contributed by atoms with E-state index in [0.29, 0.717) is 10.1 Å². The summed E-state index contributed by atoms with van der Waals surface area (Å²) in [7, 11) is 0. The summed E-state index contributed by atoms with van der Waals surface area (Å²) in [5.41, 5.74) is -0.0890. The second-order valence-corrected chi connectivity index (χ2v) is 3.73. The molecule has 0 aromatic carbocycles. The van der Waals surface area contributed by atoms with Gasteiger partial charge in [-0.15, -0.1) is 0 Å². The minimum atomic E-state index is -1.10. The third kappa shape index (κ3) is 2.51. The summed E-state index contributed by atoms with van der Waals surface area (Å²) >= 11 is 1.21. The van der Waals surface area contributed by atoms with Crippen molar-refractivity contribution < 1.29 is 9.90 Å². The topological polar surface area (TPSA) is 88.9 Å². The molecule has 16 heavy (non-hydrogen) atoms. The van der Waals surface area contributed by atoms with Crippen LogP contribution in [0.5, 0.6) is 0 Å². The molecule has 0 atom stereocenters. The zero-order chi connectivity index (χ0) is 11.4. The number of nitrogens with zero attached hydrogens (tertiary/aromatic N) is 4. The predicted molar refractivity (Wildman–Crippen MR) is 55.1 cm³/mol. The van der Waals surface area contributed by atoms with E-state index in [1.165, 1.54) is 24.2 Å². The number of hydrogen-bond donors (Lipinski definition) is 1. The molecule has 0 spiro atoms. The van der Waals surface area contributed by atoms with Crippen LogP contribution in [-0.2, 0) is 0 Å². The molecule has 0 unspecified atom stereocenters. The number of aromatic carboxylic acids is 1. The van der Waals surface area contributed by atoms with Gasteiger partial charge in [0.15, 0.2) is 5.69 Å². The fourth-order valence-electron chi connectivity index (χ4n) is 0.946. The van der Waals surface area contributed by atoms with Crippen molar-refractivity contribution in [3.63, 3.8) is 0 Å². The van der Waals surface area contributed by atoms with E-state index in [0.717, 1.165) is 0 Å². The summed E-state index contributed by atoms with van der Waals surface area (Å²) in [5.74, 6) is -1.10. The first kappa shape index (κ1) is 10.5. The molecule has 0 amide bonds. The number of carboxylic acid groups (broad SMARTS) is 1. The molecule has 0 aliphatic rings. The first-order valence-electron chi connectivity index (χ1n) is 4.25. The maximum atomic E-state index is 10.7. The molecule has 0 radical (unpaired) electrons. The standard InChI is InChI=1S/C9H6N4O2S/c14-9(15)6-3-11-5-8(13-6)16-7-4-10-1-2-12-7/h1-5H,(H,14,15). The van der Waals surface area contributed by atoms with Crippen molar-refractivity contribution in [3.05, 3.63) is 36.7 Å². The van der Waals surface area contributed by atoms with Gasteiger partial charge in [-0.05, 0) is 11.8 Å².